The Morgan fingerprint density at radius 2 is 2.04 bits per heavy atom. The normalized spacial score (nSPS) is 17.4. The lowest BCUT2D eigenvalue weighted by Gasteiger charge is -2.39. The third-order valence-corrected chi connectivity index (χ3v) is 5.23. The Hall–Kier alpha value is -3.15. The van der Waals surface area contributed by atoms with Gasteiger partial charge in [0, 0.05) is 31.1 Å². The van der Waals surface area contributed by atoms with Crippen LogP contribution in [0.25, 0.3) is 11.0 Å². The van der Waals surface area contributed by atoms with Crippen LogP contribution in [0.3, 0.4) is 0 Å². The van der Waals surface area contributed by atoms with Gasteiger partial charge in [0.1, 0.15) is 12.4 Å². The van der Waals surface area contributed by atoms with Crippen molar-refractivity contribution in [2.75, 3.05) is 18.0 Å². The van der Waals surface area contributed by atoms with Gasteiger partial charge in [-0.05, 0) is 43.7 Å². The highest BCUT2D eigenvalue weighted by molar-refractivity contribution is 5.98. The molecule has 6 heteroatoms. The summed E-state index contributed by atoms with van der Waals surface area (Å²) in [6.45, 7) is 4.64. The van der Waals surface area contributed by atoms with Crippen molar-refractivity contribution in [1.82, 2.24) is 14.9 Å². The number of H-pyrrole nitrogens is 1. The van der Waals surface area contributed by atoms with Crippen molar-refractivity contribution in [3.8, 4) is 0 Å². The second-order valence-electron chi connectivity index (χ2n) is 7.41. The number of fused-ring (bicyclic) bond motifs is 1. The number of anilines is 1. The maximum Gasteiger partial charge on any atom is 0.246 e. The molecule has 1 fully saturated rings. The number of aromatic nitrogens is 2. The van der Waals surface area contributed by atoms with E-state index in [1.165, 1.54) is 0 Å². The van der Waals surface area contributed by atoms with E-state index in [1.54, 1.807) is 9.80 Å². The Morgan fingerprint density at radius 1 is 1.21 bits per heavy atom. The summed E-state index contributed by atoms with van der Waals surface area (Å²) >= 11 is 0. The molecule has 0 radical (unpaired) electrons. The molecule has 1 N–H and O–H groups in total. The molecule has 4 rings (SSSR count). The highest BCUT2D eigenvalue weighted by Gasteiger charge is 2.33. The Bertz CT molecular complexity index is 993. The number of rotatable bonds is 4. The fourth-order valence-corrected chi connectivity index (χ4v) is 3.72. The van der Waals surface area contributed by atoms with E-state index in [1.807, 2.05) is 62.4 Å². The minimum absolute atomic E-state index is 0.00908. The van der Waals surface area contributed by atoms with Crippen molar-refractivity contribution >= 4 is 28.5 Å². The van der Waals surface area contributed by atoms with E-state index in [4.69, 9.17) is 0 Å². The molecule has 0 aliphatic carbocycles. The SMILES string of the molecule is Cc1cccc(N2CC(C)N(C(=O)CCc3nc4ccccc4[nH]3)CC2=O)c1. The smallest absolute Gasteiger partial charge is 0.246 e. The first-order valence-corrected chi connectivity index (χ1v) is 9.61. The summed E-state index contributed by atoms with van der Waals surface area (Å²) < 4.78 is 0. The quantitative estimate of drug-likeness (QED) is 0.761. The van der Waals surface area contributed by atoms with E-state index in [-0.39, 0.29) is 24.4 Å². The van der Waals surface area contributed by atoms with Crippen molar-refractivity contribution in [2.24, 2.45) is 0 Å². The average molecular weight is 376 g/mol. The molecule has 1 atom stereocenters. The Balaban J connectivity index is 1.40. The van der Waals surface area contributed by atoms with E-state index >= 15 is 0 Å². The maximum atomic E-state index is 12.8. The zero-order chi connectivity index (χ0) is 19.7. The number of benzene rings is 2. The van der Waals surface area contributed by atoms with E-state index in [2.05, 4.69) is 9.97 Å². The number of para-hydroxylation sites is 2. The van der Waals surface area contributed by atoms with Crippen LogP contribution in [0.4, 0.5) is 5.69 Å². The van der Waals surface area contributed by atoms with Crippen LogP contribution in [0.15, 0.2) is 48.5 Å². The van der Waals surface area contributed by atoms with Gasteiger partial charge in [-0.1, -0.05) is 24.3 Å². The first kappa shape index (κ1) is 18.2. The summed E-state index contributed by atoms with van der Waals surface area (Å²) in [6.07, 6.45) is 0.869. The molecule has 2 heterocycles. The van der Waals surface area contributed by atoms with Gasteiger partial charge >= 0.3 is 0 Å². The molecule has 0 spiro atoms. The molecule has 0 bridgehead atoms. The summed E-state index contributed by atoms with van der Waals surface area (Å²) in [5.41, 5.74) is 3.88. The van der Waals surface area contributed by atoms with E-state index in [9.17, 15) is 9.59 Å². The molecule has 2 aromatic carbocycles. The lowest BCUT2D eigenvalue weighted by molar-refractivity contribution is -0.139. The van der Waals surface area contributed by atoms with Crippen molar-refractivity contribution in [3.05, 3.63) is 59.9 Å². The van der Waals surface area contributed by atoms with Crippen molar-refractivity contribution in [2.45, 2.75) is 32.7 Å². The van der Waals surface area contributed by atoms with Crippen molar-refractivity contribution in [1.29, 1.82) is 0 Å². The number of hydrogen-bond donors (Lipinski definition) is 1. The molecule has 1 saturated heterocycles. The van der Waals surface area contributed by atoms with Gasteiger partial charge in [-0.2, -0.15) is 0 Å². The zero-order valence-electron chi connectivity index (χ0n) is 16.2. The second kappa shape index (κ2) is 7.46. The van der Waals surface area contributed by atoms with Crippen LogP contribution in [0.1, 0.15) is 24.7 Å². The molecule has 6 nitrogen and oxygen atoms in total. The van der Waals surface area contributed by atoms with Gasteiger partial charge in [-0.25, -0.2) is 4.98 Å². The lowest BCUT2D eigenvalue weighted by atomic mass is 10.1. The highest BCUT2D eigenvalue weighted by Crippen LogP contribution is 2.22. The number of hydrogen-bond acceptors (Lipinski definition) is 3. The monoisotopic (exact) mass is 376 g/mol. The summed E-state index contributed by atoms with van der Waals surface area (Å²) in [5, 5.41) is 0. The molecule has 1 aromatic heterocycles. The van der Waals surface area contributed by atoms with Crippen LogP contribution in [-0.4, -0.2) is 45.8 Å². The third kappa shape index (κ3) is 3.63. The van der Waals surface area contributed by atoms with Crippen LogP contribution in [-0.2, 0) is 16.0 Å². The van der Waals surface area contributed by atoms with Gasteiger partial charge in [-0.3, -0.25) is 9.59 Å². The minimum Gasteiger partial charge on any atom is -0.342 e. The molecule has 144 valence electrons. The van der Waals surface area contributed by atoms with Crippen LogP contribution in [0.5, 0.6) is 0 Å². The topological polar surface area (TPSA) is 69.3 Å². The molecule has 3 aromatic rings. The van der Waals surface area contributed by atoms with E-state index in [0.29, 0.717) is 19.4 Å². The van der Waals surface area contributed by atoms with Gasteiger partial charge in [0.05, 0.1) is 11.0 Å². The fraction of sp³-hybridized carbons (Fsp3) is 0.318. The molecule has 1 aliphatic heterocycles. The number of nitrogens with zero attached hydrogens (tertiary/aromatic N) is 3. The number of carbonyl (C=O) groups is 2. The summed E-state index contributed by atoms with van der Waals surface area (Å²) in [6, 6.07) is 15.7. The molecular weight excluding hydrogens is 352 g/mol. The fourth-order valence-electron chi connectivity index (χ4n) is 3.72. The van der Waals surface area contributed by atoms with Gasteiger partial charge in [0.25, 0.3) is 0 Å². The van der Waals surface area contributed by atoms with Crippen LogP contribution >= 0.6 is 0 Å². The molecule has 28 heavy (non-hydrogen) atoms. The molecule has 0 saturated carbocycles. The van der Waals surface area contributed by atoms with Gasteiger partial charge in [0.15, 0.2) is 0 Å². The largest absolute Gasteiger partial charge is 0.342 e. The van der Waals surface area contributed by atoms with Gasteiger partial charge < -0.3 is 14.8 Å². The highest BCUT2D eigenvalue weighted by atomic mass is 16.2. The van der Waals surface area contributed by atoms with Crippen LogP contribution < -0.4 is 4.90 Å². The summed E-state index contributed by atoms with van der Waals surface area (Å²) in [7, 11) is 0. The maximum absolute atomic E-state index is 12.8. The number of imidazole rings is 1. The molecule has 2 amide bonds. The number of nitrogens with one attached hydrogen (secondary N) is 1. The zero-order valence-corrected chi connectivity index (χ0v) is 16.2. The van der Waals surface area contributed by atoms with Crippen molar-refractivity contribution < 1.29 is 9.59 Å². The number of aryl methyl sites for hydroxylation is 2. The Labute approximate surface area is 164 Å². The first-order valence-electron chi connectivity index (χ1n) is 9.61. The number of carbonyl (C=O) groups excluding carboxylic acids is 2. The average Bonchev–Trinajstić information content (AvgIpc) is 3.10. The minimum atomic E-state index is -0.0409. The third-order valence-electron chi connectivity index (χ3n) is 5.23. The van der Waals surface area contributed by atoms with Crippen LogP contribution in [0, 0.1) is 6.92 Å². The van der Waals surface area contributed by atoms with Crippen molar-refractivity contribution in [3.63, 3.8) is 0 Å². The predicted molar refractivity (Wildman–Crippen MR) is 109 cm³/mol. The predicted octanol–water partition coefficient (Wildman–Crippen LogP) is 3.07. The number of aromatic amines is 1. The van der Waals surface area contributed by atoms with Crippen LogP contribution in [0.2, 0.25) is 0 Å². The standard InChI is InChI=1S/C22H24N4O2/c1-15-6-5-7-17(12-15)26-13-16(2)25(14-22(26)28)21(27)11-10-20-23-18-8-3-4-9-19(18)24-20/h3-9,12,16H,10-11,13-14H2,1-2H3,(H,23,24). The Morgan fingerprint density at radius 3 is 2.82 bits per heavy atom. The number of piperazine rings is 1. The Kier molecular flexibility index (Phi) is 4.86. The second-order valence-corrected chi connectivity index (χ2v) is 7.41. The van der Waals surface area contributed by atoms with Gasteiger partial charge in [0.2, 0.25) is 11.8 Å². The molecular formula is C22H24N4O2. The molecule has 1 unspecified atom stereocenters. The van der Waals surface area contributed by atoms with E-state index < -0.39 is 0 Å². The first-order chi connectivity index (χ1) is 13.5. The summed E-state index contributed by atoms with van der Waals surface area (Å²) in [4.78, 5) is 36.7. The summed E-state index contributed by atoms with van der Waals surface area (Å²) in [5.74, 6) is 0.748. The molecule has 1 aliphatic rings. The van der Waals surface area contributed by atoms with E-state index in [0.717, 1.165) is 28.1 Å². The number of amides is 2. The van der Waals surface area contributed by atoms with Gasteiger partial charge in [-0.15, -0.1) is 0 Å². The lowest BCUT2D eigenvalue weighted by Crippen LogP contribution is -2.57.